The largest absolute Gasteiger partial charge is 0.493 e. The summed E-state index contributed by atoms with van der Waals surface area (Å²) in [5, 5.41) is 0.973. The average molecular weight is 452 g/mol. The number of rotatable bonds is 6. The molecule has 7 nitrogen and oxygen atoms in total. The fourth-order valence-corrected chi connectivity index (χ4v) is 4.50. The number of halogens is 1. The van der Waals surface area contributed by atoms with Crippen molar-refractivity contribution >= 4 is 28.1 Å². The Morgan fingerprint density at radius 2 is 1.58 bits per heavy atom. The normalized spacial score (nSPS) is 16.3. The molecule has 0 spiro atoms. The molecule has 2 aliphatic rings. The van der Waals surface area contributed by atoms with Crippen molar-refractivity contribution in [3.8, 4) is 11.5 Å². The van der Waals surface area contributed by atoms with E-state index >= 15 is 0 Å². The summed E-state index contributed by atoms with van der Waals surface area (Å²) in [4.78, 5) is 16.5. The Morgan fingerprint density at radius 1 is 0.909 bits per heavy atom. The molecular weight excluding hydrogens is 421 g/mol. The van der Waals surface area contributed by atoms with E-state index in [4.69, 9.17) is 19.4 Å². The van der Waals surface area contributed by atoms with Crippen molar-refractivity contribution in [1.29, 1.82) is 0 Å². The number of hydrogen-bond acceptors (Lipinski definition) is 7. The lowest BCUT2D eigenvalue weighted by atomic mass is 10.1. The van der Waals surface area contributed by atoms with Crippen LogP contribution in [0.3, 0.4) is 0 Å². The Morgan fingerprint density at radius 3 is 2.21 bits per heavy atom. The Balaban J connectivity index is 1.47. The minimum absolute atomic E-state index is 0.217. The molecule has 0 radical (unpaired) electrons. The fourth-order valence-electron chi connectivity index (χ4n) is 4.50. The van der Waals surface area contributed by atoms with Crippen molar-refractivity contribution in [1.82, 2.24) is 9.97 Å². The lowest BCUT2D eigenvalue weighted by Gasteiger charge is -2.38. The maximum Gasteiger partial charge on any atom is 0.162 e. The maximum atomic E-state index is 13.8. The van der Waals surface area contributed by atoms with Crippen molar-refractivity contribution in [2.75, 3.05) is 69.2 Å². The second-order valence-electron chi connectivity index (χ2n) is 8.91. The molecule has 33 heavy (non-hydrogen) atoms. The molecule has 174 valence electrons. The van der Waals surface area contributed by atoms with Gasteiger partial charge in [0, 0.05) is 57.6 Å². The third-order valence-electron chi connectivity index (χ3n) is 6.48. The molecule has 1 aliphatic heterocycles. The van der Waals surface area contributed by atoms with E-state index in [-0.39, 0.29) is 5.82 Å². The monoisotopic (exact) mass is 451 g/mol. The van der Waals surface area contributed by atoms with Crippen LogP contribution < -0.4 is 24.2 Å². The smallest absolute Gasteiger partial charge is 0.162 e. The number of nitrogens with zero attached hydrogens (tertiary/aromatic N) is 5. The van der Waals surface area contributed by atoms with E-state index in [0.29, 0.717) is 17.4 Å². The molecule has 3 aromatic rings. The van der Waals surface area contributed by atoms with Gasteiger partial charge in [-0.15, -0.1) is 0 Å². The molecule has 1 aromatic heterocycles. The Kier molecular flexibility index (Phi) is 5.60. The number of anilines is 3. The van der Waals surface area contributed by atoms with Crippen LogP contribution in [-0.4, -0.2) is 64.5 Å². The number of hydrogen-bond donors (Lipinski definition) is 0. The lowest BCUT2D eigenvalue weighted by molar-refractivity contribution is 0.355. The highest BCUT2D eigenvalue weighted by Gasteiger charge is 2.30. The van der Waals surface area contributed by atoms with Gasteiger partial charge in [-0.05, 0) is 37.1 Å². The van der Waals surface area contributed by atoms with E-state index in [1.165, 1.54) is 6.07 Å². The molecule has 2 aromatic carbocycles. The topological polar surface area (TPSA) is 54.0 Å². The lowest BCUT2D eigenvalue weighted by Crippen LogP contribution is -2.47. The zero-order valence-corrected chi connectivity index (χ0v) is 19.6. The Bertz CT molecular complexity index is 1170. The third-order valence-corrected chi connectivity index (χ3v) is 6.48. The summed E-state index contributed by atoms with van der Waals surface area (Å²) in [7, 11) is 7.18. The van der Waals surface area contributed by atoms with Gasteiger partial charge in [0.15, 0.2) is 11.5 Å². The molecule has 8 heteroatoms. The predicted octanol–water partition coefficient (Wildman–Crippen LogP) is 4.06. The van der Waals surface area contributed by atoms with E-state index in [2.05, 4.69) is 9.80 Å². The molecule has 2 fully saturated rings. The molecule has 0 unspecified atom stereocenters. The molecule has 0 bridgehead atoms. The van der Waals surface area contributed by atoms with Crippen LogP contribution in [0.5, 0.6) is 11.5 Å². The average Bonchev–Trinajstić information content (AvgIpc) is 3.68. The first-order chi connectivity index (χ1) is 16.0. The van der Waals surface area contributed by atoms with Gasteiger partial charge >= 0.3 is 0 Å². The SMILES string of the molecule is COc1cc2nc(C3CC3)nc(N3CCN(c4ccc(F)cc4N(C)C)CC3)c2cc1OC. The molecule has 0 atom stereocenters. The molecule has 0 amide bonds. The second kappa shape index (κ2) is 8.57. The fraction of sp³-hybridized carbons (Fsp3) is 0.440. The summed E-state index contributed by atoms with van der Waals surface area (Å²) < 4.78 is 24.9. The summed E-state index contributed by atoms with van der Waals surface area (Å²) in [5.74, 6) is 3.45. The Labute approximate surface area is 193 Å². The molecule has 1 saturated carbocycles. The molecule has 1 saturated heterocycles. The maximum absolute atomic E-state index is 13.8. The summed E-state index contributed by atoms with van der Waals surface area (Å²) in [5.41, 5.74) is 2.83. The quantitative estimate of drug-likeness (QED) is 0.560. The standard InChI is InChI=1S/C25H30FN5O2/c1-29(2)21-13-17(26)7-8-20(21)30-9-11-31(12-10-30)25-18-14-22(32-3)23(33-4)15-19(18)27-24(28-25)16-5-6-16/h7-8,13-16H,5-6,9-12H2,1-4H3. The number of piperazine rings is 1. The van der Waals surface area contributed by atoms with E-state index in [0.717, 1.165) is 72.9 Å². The van der Waals surface area contributed by atoms with Crippen LogP contribution in [0.2, 0.25) is 0 Å². The van der Waals surface area contributed by atoms with Crippen molar-refractivity contribution in [2.24, 2.45) is 0 Å². The summed E-state index contributed by atoms with van der Waals surface area (Å²) in [6, 6.07) is 8.94. The van der Waals surface area contributed by atoms with E-state index in [1.54, 1.807) is 20.3 Å². The van der Waals surface area contributed by atoms with Crippen molar-refractivity contribution in [3.63, 3.8) is 0 Å². The minimum atomic E-state index is -0.217. The van der Waals surface area contributed by atoms with Crippen LogP contribution >= 0.6 is 0 Å². The van der Waals surface area contributed by atoms with Crippen LogP contribution in [0.4, 0.5) is 21.6 Å². The highest BCUT2D eigenvalue weighted by Crippen LogP contribution is 2.42. The van der Waals surface area contributed by atoms with Crippen LogP contribution in [-0.2, 0) is 0 Å². The van der Waals surface area contributed by atoms with Crippen LogP contribution in [0.1, 0.15) is 24.6 Å². The van der Waals surface area contributed by atoms with Gasteiger partial charge in [-0.25, -0.2) is 14.4 Å². The van der Waals surface area contributed by atoms with Gasteiger partial charge < -0.3 is 24.2 Å². The van der Waals surface area contributed by atoms with Crippen molar-refractivity contribution in [2.45, 2.75) is 18.8 Å². The van der Waals surface area contributed by atoms with Gasteiger partial charge in [-0.2, -0.15) is 0 Å². The molecule has 1 aliphatic carbocycles. The molecule has 5 rings (SSSR count). The first-order valence-electron chi connectivity index (χ1n) is 11.4. The summed E-state index contributed by atoms with van der Waals surface area (Å²) in [6.07, 6.45) is 2.29. The molecule has 2 heterocycles. The van der Waals surface area contributed by atoms with Gasteiger partial charge in [0.2, 0.25) is 0 Å². The number of fused-ring (bicyclic) bond motifs is 1. The van der Waals surface area contributed by atoms with Crippen LogP contribution in [0.25, 0.3) is 10.9 Å². The predicted molar refractivity (Wildman–Crippen MR) is 130 cm³/mol. The number of benzene rings is 2. The van der Waals surface area contributed by atoms with E-state index < -0.39 is 0 Å². The first kappa shape index (κ1) is 21.6. The third kappa shape index (κ3) is 4.10. The van der Waals surface area contributed by atoms with E-state index in [1.807, 2.05) is 37.2 Å². The van der Waals surface area contributed by atoms with Gasteiger partial charge in [0.1, 0.15) is 17.5 Å². The molecular formula is C25H30FN5O2. The van der Waals surface area contributed by atoms with Gasteiger partial charge in [0.05, 0.1) is 31.1 Å². The van der Waals surface area contributed by atoms with E-state index in [9.17, 15) is 4.39 Å². The summed E-state index contributed by atoms with van der Waals surface area (Å²) in [6.45, 7) is 3.28. The van der Waals surface area contributed by atoms with Crippen LogP contribution in [0, 0.1) is 5.82 Å². The van der Waals surface area contributed by atoms with Gasteiger partial charge in [-0.3, -0.25) is 0 Å². The minimum Gasteiger partial charge on any atom is -0.493 e. The second-order valence-corrected chi connectivity index (χ2v) is 8.91. The summed E-state index contributed by atoms with van der Waals surface area (Å²) >= 11 is 0. The van der Waals surface area contributed by atoms with Crippen molar-refractivity contribution < 1.29 is 13.9 Å². The highest BCUT2D eigenvalue weighted by molar-refractivity contribution is 5.92. The first-order valence-corrected chi connectivity index (χ1v) is 11.4. The Hall–Kier alpha value is -3.29. The molecule has 0 N–H and O–H groups in total. The van der Waals surface area contributed by atoms with Crippen LogP contribution in [0.15, 0.2) is 30.3 Å². The highest BCUT2D eigenvalue weighted by atomic mass is 19.1. The van der Waals surface area contributed by atoms with Gasteiger partial charge in [0.25, 0.3) is 0 Å². The van der Waals surface area contributed by atoms with Crippen molar-refractivity contribution in [3.05, 3.63) is 42.0 Å². The zero-order chi connectivity index (χ0) is 23.1. The number of aromatic nitrogens is 2. The van der Waals surface area contributed by atoms with Gasteiger partial charge in [-0.1, -0.05) is 0 Å². The number of methoxy groups -OCH3 is 2. The zero-order valence-electron chi connectivity index (χ0n) is 19.6. The number of ether oxygens (including phenoxy) is 2.